The number of amides is 4. The molecule has 0 radical (unpaired) electrons. The third kappa shape index (κ3) is 6.93. The van der Waals surface area contributed by atoms with E-state index in [1.807, 2.05) is 6.92 Å². The van der Waals surface area contributed by atoms with Gasteiger partial charge in [-0.1, -0.05) is 0 Å². The molecule has 2 aliphatic rings. The normalized spacial score (nSPS) is 19.7. The molecular formula is C14H27N9O3. The number of hydrogen-bond donors (Lipinski definition) is 6. The summed E-state index contributed by atoms with van der Waals surface area (Å²) in [6, 6.07) is -1.52. The first-order chi connectivity index (χ1) is 12.1. The highest BCUT2D eigenvalue weighted by atomic mass is 16.2. The van der Waals surface area contributed by atoms with E-state index in [-0.39, 0.29) is 30.8 Å². The lowest BCUT2D eigenvalue weighted by molar-refractivity contribution is -0.138. The molecule has 1 saturated carbocycles. The molecular weight excluding hydrogens is 342 g/mol. The third-order valence-electron chi connectivity index (χ3n) is 3.81. The molecule has 1 heterocycles. The van der Waals surface area contributed by atoms with E-state index < -0.39 is 23.5 Å². The number of rotatable bonds is 4. The second-order valence-electron chi connectivity index (χ2n) is 6.13. The Morgan fingerprint density at radius 3 is 2.38 bits per heavy atom. The van der Waals surface area contributed by atoms with Crippen molar-refractivity contribution in [3.63, 3.8) is 0 Å². The predicted octanol–water partition coefficient (Wildman–Crippen LogP) is -2.87. The minimum absolute atomic E-state index is 0.00270. The quantitative estimate of drug-likeness (QED) is 0.226. The lowest BCUT2D eigenvalue weighted by Gasteiger charge is -2.30. The van der Waals surface area contributed by atoms with E-state index in [0.29, 0.717) is 6.54 Å². The van der Waals surface area contributed by atoms with Gasteiger partial charge in [-0.15, -0.1) is 0 Å². The fourth-order valence-electron chi connectivity index (χ4n) is 2.11. The Balaban J connectivity index is 0.000000487. The van der Waals surface area contributed by atoms with Crippen LogP contribution in [0.15, 0.2) is 9.98 Å². The minimum atomic E-state index is -0.814. The summed E-state index contributed by atoms with van der Waals surface area (Å²) in [6.45, 7) is 2.61. The summed E-state index contributed by atoms with van der Waals surface area (Å²) < 4.78 is 0. The highest BCUT2D eigenvalue weighted by Crippen LogP contribution is 2.36. The van der Waals surface area contributed by atoms with Crippen molar-refractivity contribution in [3.8, 4) is 0 Å². The highest BCUT2D eigenvalue weighted by Gasteiger charge is 2.42. The molecule has 0 bridgehead atoms. The van der Waals surface area contributed by atoms with Crippen LogP contribution in [-0.2, 0) is 9.59 Å². The number of carbonyl (C=O) groups excluding carboxylic acids is 3. The lowest BCUT2D eigenvalue weighted by atomic mass is 10.1. The Kier molecular flexibility index (Phi) is 7.31. The van der Waals surface area contributed by atoms with Crippen LogP contribution in [0.2, 0.25) is 0 Å². The first-order valence-electron chi connectivity index (χ1n) is 8.09. The average Bonchev–Trinajstić information content (AvgIpc) is 3.23. The summed E-state index contributed by atoms with van der Waals surface area (Å²) in [5.41, 5.74) is 20.3. The fraction of sp³-hybridized carbons (Fsp3) is 0.643. The van der Waals surface area contributed by atoms with Crippen LogP contribution in [0.1, 0.15) is 26.2 Å². The second kappa shape index (κ2) is 8.99. The number of urea groups is 1. The molecule has 2 rings (SSSR count). The van der Waals surface area contributed by atoms with Gasteiger partial charge in [-0.3, -0.25) is 25.2 Å². The maximum absolute atomic E-state index is 12.0. The van der Waals surface area contributed by atoms with Crippen molar-refractivity contribution in [2.75, 3.05) is 20.1 Å². The minimum Gasteiger partial charge on any atom is -0.370 e. The van der Waals surface area contributed by atoms with E-state index in [2.05, 4.69) is 20.6 Å². The third-order valence-corrected chi connectivity index (χ3v) is 3.81. The van der Waals surface area contributed by atoms with Gasteiger partial charge in [0.05, 0.1) is 6.54 Å². The molecule has 12 nitrogen and oxygen atoms in total. The molecule has 0 aromatic carbocycles. The van der Waals surface area contributed by atoms with Gasteiger partial charge in [0, 0.05) is 25.6 Å². The smallest absolute Gasteiger partial charge is 0.318 e. The van der Waals surface area contributed by atoms with Crippen LogP contribution in [-0.4, -0.2) is 66.4 Å². The number of nitrogens with one attached hydrogen (secondary N) is 2. The number of aliphatic imine (C=N–C) groups is 2. The van der Waals surface area contributed by atoms with Crippen LogP contribution in [0, 0.1) is 0 Å². The van der Waals surface area contributed by atoms with Gasteiger partial charge in [0.25, 0.3) is 5.91 Å². The van der Waals surface area contributed by atoms with E-state index in [0.717, 1.165) is 12.8 Å². The van der Waals surface area contributed by atoms with Crippen LogP contribution >= 0.6 is 0 Å². The van der Waals surface area contributed by atoms with Gasteiger partial charge in [-0.25, -0.2) is 9.79 Å². The Labute approximate surface area is 151 Å². The largest absolute Gasteiger partial charge is 0.370 e. The summed E-state index contributed by atoms with van der Waals surface area (Å²) in [5.74, 6) is -0.442. The maximum atomic E-state index is 12.0. The summed E-state index contributed by atoms with van der Waals surface area (Å²) in [6.07, 6.45) is 1.88. The van der Waals surface area contributed by atoms with Crippen LogP contribution in [0.25, 0.3) is 0 Å². The molecule has 1 fully saturated rings. The molecule has 12 heteroatoms. The van der Waals surface area contributed by atoms with E-state index >= 15 is 0 Å². The Morgan fingerprint density at radius 2 is 2.00 bits per heavy atom. The topological polar surface area (TPSA) is 207 Å². The first-order valence-corrected chi connectivity index (χ1v) is 8.09. The van der Waals surface area contributed by atoms with Crippen LogP contribution < -0.4 is 33.6 Å². The monoisotopic (exact) mass is 369 g/mol. The number of nitrogens with zero attached hydrogens (tertiary/aromatic N) is 3. The molecule has 0 aromatic rings. The molecule has 1 aliphatic heterocycles. The zero-order valence-electron chi connectivity index (χ0n) is 15.0. The highest BCUT2D eigenvalue weighted by molar-refractivity contribution is 6.07. The van der Waals surface area contributed by atoms with Gasteiger partial charge in [-0.2, -0.15) is 0 Å². The summed E-state index contributed by atoms with van der Waals surface area (Å²) in [4.78, 5) is 43.5. The molecule has 0 spiro atoms. The number of hydrogen-bond acceptors (Lipinski definition) is 6. The number of nitrogens with two attached hydrogens (primary N) is 4. The van der Waals surface area contributed by atoms with Gasteiger partial charge < -0.3 is 27.8 Å². The summed E-state index contributed by atoms with van der Waals surface area (Å²) in [5, 5.41) is 4.57. The molecule has 1 unspecified atom stereocenters. The zero-order valence-corrected chi connectivity index (χ0v) is 15.0. The van der Waals surface area contributed by atoms with Gasteiger partial charge in [0.2, 0.25) is 11.9 Å². The van der Waals surface area contributed by atoms with Crippen LogP contribution in [0.4, 0.5) is 4.79 Å². The number of carbonyl (C=O) groups is 3. The summed E-state index contributed by atoms with van der Waals surface area (Å²) >= 11 is 0. The van der Waals surface area contributed by atoms with Gasteiger partial charge >= 0.3 is 6.03 Å². The van der Waals surface area contributed by atoms with Crippen molar-refractivity contribution >= 4 is 29.8 Å². The molecule has 146 valence electrons. The van der Waals surface area contributed by atoms with Crippen molar-refractivity contribution < 1.29 is 14.4 Å². The Bertz CT molecular complexity index is 609. The second-order valence-corrected chi connectivity index (χ2v) is 6.13. The fourth-order valence-corrected chi connectivity index (χ4v) is 2.11. The lowest BCUT2D eigenvalue weighted by Crippen LogP contribution is -2.58. The Morgan fingerprint density at radius 1 is 1.38 bits per heavy atom. The molecule has 1 aliphatic carbocycles. The van der Waals surface area contributed by atoms with Gasteiger partial charge in [0.1, 0.15) is 6.04 Å². The molecule has 0 aromatic heterocycles. The zero-order chi connectivity index (χ0) is 19.9. The molecule has 10 N–H and O–H groups in total. The standard InChI is InChI=1S/C11H18N6O3.C3H9N3/c1-17(7(18)4-11(13)2-3-11)6-5-14-10(15-8(6)19)16-9(12)20;1-2-6-3(4)5/h6H,2-5,13H2,1H3,(H4,12,14,15,16,19,20);2H2,1H3,(H4,4,5,6). The van der Waals surface area contributed by atoms with Crippen molar-refractivity contribution in [1.29, 1.82) is 0 Å². The van der Waals surface area contributed by atoms with Gasteiger partial charge in [-0.05, 0) is 19.8 Å². The van der Waals surface area contributed by atoms with Crippen LogP contribution in [0.5, 0.6) is 0 Å². The number of guanidine groups is 2. The SMILES string of the molecule is CCN=C(N)N.CN(C(=O)CC1(N)CC1)C1CN=C(NC(N)=O)NC1=O. The average molecular weight is 369 g/mol. The van der Waals surface area contributed by atoms with Crippen molar-refractivity contribution in [3.05, 3.63) is 0 Å². The molecule has 26 heavy (non-hydrogen) atoms. The first kappa shape index (κ1) is 21.2. The number of primary amides is 1. The molecule has 1 atom stereocenters. The molecule has 0 saturated heterocycles. The van der Waals surface area contributed by atoms with Crippen LogP contribution in [0.3, 0.4) is 0 Å². The summed E-state index contributed by atoms with van der Waals surface area (Å²) in [7, 11) is 1.54. The van der Waals surface area contributed by atoms with Gasteiger partial charge in [0.15, 0.2) is 5.96 Å². The number of likely N-dealkylation sites (N-methyl/N-ethyl adjacent to an activating group) is 1. The van der Waals surface area contributed by atoms with Crippen molar-refractivity contribution in [2.45, 2.75) is 37.8 Å². The van der Waals surface area contributed by atoms with E-state index in [1.54, 1.807) is 7.05 Å². The molecule has 4 amide bonds. The maximum Gasteiger partial charge on any atom is 0.318 e. The van der Waals surface area contributed by atoms with Crippen molar-refractivity contribution in [1.82, 2.24) is 15.5 Å². The predicted molar refractivity (Wildman–Crippen MR) is 96.8 cm³/mol. The van der Waals surface area contributed by atoms with E-state index in [4.69, 9.17) is 22.9 Å². The van der Waals surface area contributed by atoms with E-state index in [9.17, 15) is 14.4 Å². The van der Waals surface area contributed by atoms with E-state index in [1.165, 1.54) is 4.90 Å². The van der Waals surface area contributed by atoms with Crippen molar-refractivity contribution in [2.24, 2.45) is 32.9 Å². The Hall–Kier alpha value is -2.89.